The second-order valence-corrected chi connectivity index (χ2v) is 6.66. The van der Waals surface area contributed by atoms with Gasteiger partial charge in [-0.25, -0.2) is 13.4 Å². The van der Waals surface area contributed by atoms with Gasteiger partial charge in [-0.1, -0.05) is 36.4 Å². The van der Waals surface area contributed by atoms with Gasteiger partial charge in [-0.05, 0) is 24.1 Å². The zero-order valence-corrected chi connectivity index (χ0v) is 12.0. The summed E-state index contributed by atoms with van der Waals surface area (Å²) in [4.78, 5) is 15.1. The first kappa shape index (κ1) is 15.2. The van der Waals surface area contributed by atoms with Crippen LogP contribution in [0, 0.1) is 5.92 Å². The van der Waals surface area contributed by atoms with Crippen molar-refractivity contribution in [2.75, 3.05) is 5.75 Å². The maximum Gasteiger partial charge on any atom is 0.307 e. The van der Waals surface area contributed by atoms with E-state index in [1.807, 2.05) is 6.07 Å². The lowest BCUT2D eigenvalue weighted by Gasteiger charge is -2.12. The fourth-order valence-corrected chi connectivity index (χ4v) is 3.47. The van der Waals surface area contributed by atoms with Gasteiger partial charge in [0.05, 0.1) is 11.7 Å². The van der Waals surface area contributed by atoms with Crippen molar-refractivity contribution in [1.82, 2.24) is 4.98 Å². The Morgan fingerprint density at radius 1 is 1.10 bits per heavy atom. The predicted molar refractivity (Wildman–Crippen MR) is 77.6 cm³/mol. The highest BCUT2D eigenvalue weighted by Crippen LogP contribution is 2.16. The number of carbonyl (C=O) groups is 1. The van der Waals surface area contributed by atoms with E-state index in [0.29, 0.717) is 0 Å². The largest absolute Gasteiger partial charge is 0.481 e. The van der Waals surface area contributed by atoms with E-state index in [0.717, 1.165) is 5.56 Å². The number of rotatable bonds is 6. The molecule has 2 aromatic rings. The molecule has 0 aliphatic heterocycles. The summed E-state index contributed by atoms with van der Waals surface area (Å²) in [6, 6.07) is 13.5. The molecular weight excluding hydrogens is 290 g/mol. The van der Waals surface area contributed by atoms with Gasteiger partial charge in [0.1, 0.15) is 0 Å². The number of aromatic nitrogens is 1. The molecular formula is C15H15NO4S. The Balaban J connectivity index is 2.19. The van der Waals surface area contributed by atoms with Crippen molar-refractivity contribution < 1.29 is 18.3 Å². The lowest BCUT2D eigenvalue weighted by Crippen LogP contribution is -2.26. The highest BCUT2D eigenvalue weighted by atomic mass is 32.2. The minimum Gasteiger partial charge on any atom is -0.481 e. The number of pyridine rings is 1. The quantitative estimate of drug-likeness (QED) is 0.879. The minimum absolute atomic E-state index is 0.0932. The molecule has 0 saturated heterocycles. The molecule has 1 aromatic heterocycles. The normalized spacial score (nSPS) is 12.8. The van der Waals surface area contributed by atoms with Gasteiger partial charge in [-0.2, -0.15) is 0 Å². The van der Waals surface area contributed by atoms with E-state index in [1.54, 1.807) is 36.4 Å². The molecule has 0 bridgehead atoms. The van der Waals surface area contributed by atoms with Crippen molar-refractivity contribution in [1.29, 1.82) is 0 Å². The van der Waals surface area contributed by atoms with E-state index in [1.165, 1.54) is 12.3 Å². The minimum atomic E-state index is -3.72. The van der Waals surface area contributed by atoms with E-state index in [2.05, 4.69) is 4.98 Å². The first-order valence-corrected chi connectivity index (χ1v) is 8.05. The topological polar surface area (TPSA) is 84.3 Å². The first-order chi connectivity index (χ1) is 9.99. The van der Waals surface area contributed by atoms with Gasteiger partial charge < -0.3 is 5.11 Å². The molecule has 0 aliphatic rings. The zero-order valence-electron chi connectivity index (χ0n) is 11.2. The SMILES string of the molecule is O=C(O)[C@@H](Cc1ccccc1)CS(=O)(=O)c1ccccn1. The Morgan fingerprint density at radius 2 is 1.76 bits per heavy atom. The van der Waals surface area contributed by atoms with Crippen LogP contribution in [-0.2, 0) is 21.1 Å². The fraction of sp³-hybridized carbons (Fsp3) is 0.200. The van der Waals surface area contributed by atoms with Gasteiger partial charge in [0.2, 0.25) is 0 Å². The number of carboxylic acid groups (broad SMARTS) is 1. The van der Waals surface area contributed by atoms with Gasteiger partial charge in [-0.3, -0.25) is 4.79 Å². The second kappa shape index (κ2) is 6.49. The van der Waals surface area contributed by atoms with Gasteiger partial charge in [0, 0.05) is 6.20 Å². The van der Waals surface area contributed by atoms with Crippen LogP contribution < -0.4 is 0 Å². The molecule has 0 amide bonds. The van der Waals surface area contributed by atoms with E-state index in [9.17, 15) is 18.3 Å². The van der Waals surface area contributed by atoms with E-state index in [4.69, 9.17) is 0 Å². The number of hydrogen-bond acceptors (Lipinski definition) is 4. The van der Waals surface area contributed by atoms with Crippen LogP contribution in [0.2, 0.25) is 0 Å². The summed E-state index contributed by atoms with van der Waals surface area (Å²) in [5.74, 6) is -2.59. The van der Waals surface area contributed by atoms with Crippen LogP contribution >= 0.6 is 0 Å². The Kier molecular flexibility index (Phi) is 4.70. The van der Waals surface area contributed by atoms with Crippen molar-refractivity contribution >= 4 is 15.8 Å². The lowest BCUT2D eigenvalue weighted by molar-refractivity contribution is -0.140. The summed E-state index contributed by atoms with van der Waals surface area (Å²) in [6.07, 6.45) is 1.54. The van der Waals surface area contributed by atoms with Crippen LogP contribution in [0.15, 0.2) is 59.8 Å². The van der Waals surface area contributed by atoms with Gasteiger partial charge >= 0.3 is 5.97 Å². The fourth-order valence-electron chi connectivity index (χ4n) is 2.00. The second-order valence-electron chi connectivity index (χ2n) is 4.67. The number of hydrogen-bond donors (Lipinski definition) is 1. The summed E-state index contributed by atoms with van der Waals surface area (Å²) in [6.45, 7) is 0. The van der Waals surface area contributed by atoms with Crippen LogP contribution in [0.5, 0.6) is 0 Å². The van der Waals surface area contributed by atoms with Crippen LogP contribution in [0.1, 0.15) is 5.56 Å². The summed E-state index contributed by atoms with van der Waals surface area (Å²) in [5.41, 5.74) is 0.793. The smallest absolute Gasteiger partial charge is 0.307 e. The summed E-state index contributed by atoms with van der Waals surface area (Å²) in [5, 5.41) is 9.17. The number of benzene rings is 1. The Hall–Kier alpha value is -2.21. The predicted octanol–water partition coefficient (Wildman–Crippen LogP) is 1.80. The molecule has 21 heavy (non-hydrogen) atoms. The number of aliphatic carboxylic acids is 1. The highest BCUT2D eigenvalue weighted by molar-refractivity contribution is 7.91. The third kappa shape index (κ3) is 4.13. The molecule has 110 valence electrons. The van der Waals surface area contributed by atoms with Gasteiger partial charge in [0.25, 0.3) is 0 Å². The van der Waals surface area contributed by atoms with E-state index < -0.39 is 27.5 Å². The number of sulfone groups is 1. The van der Waals surface area contributed by atoms with E-state index in [-0.39, 0.29) is 11.4 Å². The molecule has 0 unspecified atom stereocenters. The van der Waals surface area contributed by atoms with Crippen molar-refractivity contribution in [3.63, 3.8) is 0 Å². The zero-order chi connectivity index (χ0) is 15.3. The molecule has 6 heteroatoms. The summed E-state index contributed by atoms with van der Waals surface area (Å²) in [7, 11) is -3.72. The van der Waals surface area contributed by atoms with Crippen LogP contribution in [-0.4, -0.2) is 30.2 Å². The number of carboxylic acids is 1. The molecule has 0 spiro atoms. The first-order valence-electron chi connectivity index (χ1n) is 6.39. The van der Waals surface area contributed by atoms with Crippen LogP contribution in [0.3, 0.4) is 0 Å². The maximum atomic E-state index is 12.2. The standard InChI is InChI=1S/C15H15NO4S/c17-15(18)13(10-12-6-2-1-3-7-12)11-21(19,20)14-8-4-5-9-16-14/h1-9,13H,10-11H2,(H,17,18)/t13-/m0/s1. The molecule has 1 aromatic carbocycles. The molecule has 0 radical (unpaired) electrons. The molecule has 5 nitrogen and oxygen atoms in total. The lowest BCUT2D eigenvalue weighted by atomic mass is 10.0. The van der Waals surface area contributed by atoms with Crippen molar-refractivity contribution in [2.45, 2.75) is 11.4 Å². The highest BCUT2D eigenvalue weighted by Gasteiger charge is 2.27. The van der Waals surface area contributed by atoms with Gasteiger partial charge in [0.15, 0.2) is 14.9 Å². The van der Waals surface area contributed by atoms with Crippen molar-refractivity contribution in [3.8, 4) is 0 Å². The average molecular weight is 305 g/mol. The van der Waals surface area contributed by atoms with Crippen molar-refractivity contribution in [2.24, 2.45) is 5.92 Å². The molecule has 1 N–H and O–H groups in total. The Morgan fingerprint density at radius 3 is 2.33 bits per heavy atom. The third-order valence-electron chi connectivity index (χ3n) is 3.05. The molecule has 0 saturated carbocycles. The third-order valence-corrected chi connectivity index (χ3v) is 4.77. The number of nitrogens with zero attached hydrogens (tertiary/aromatic N) is 1. The maximum absolute atomic E-state index is 12.2. The summed E-state index contributed by atoms with van der Waals surface area (Å²) >= 11 is 0. The molecule has 0 fully saturated rings. The van der Waals surface area contributed by atoms with Crippen LogP contribution in [0.25, 0.3) is 0 Å². The molecule has 0 aliphatic carbocycles. The average Bonchev–Trinajstić information content (AvgIpc) is 2.48. The van der Waals surface area contributed by atoms with Crippen molar-refractivity contribution in [3.05, 3.63) is 60.3 Å². The molecule has 2 rings (SSSR count). The summed E-state index contributed by atoms with van der Waals surface area (Å²) < 4.78 is 24.4. The molecule has 1 heterocycles. The monoisotopic (exact) mass is 305 g/mol. The molecule has 1 atom stereocenters. The Labute approximate surface area is 123 Å². The van der Waals surface area contributed by atoms with Gasteiger partial charge in [-0.15, -0.1) is 0 Å². The van der Waals surface area contributed by atoms with Crippen LogP contribution in [0.4, 0.5) is 0 Å². The van der Waals surface area contributed by atoms with E-state index >= 15 is 0 Å². The Bertz CT molecular complexity index is 699.